The average Bonchev–Trinajstić information content (AvgIpc) is 3.81. The molecule has 0 radical (unpaired) electrons. The lowest BCUT2D eigenvalue weighted by atomic mass is 10.0. The molecule has 0 saturated heterocycles. The third-order valence-electron chi connectivity index (χ3n) is 7.13. The number of carbonyl (C=O) groups excluding carboxylic acids is 1. The van der Waals surface area contributed by atoms with Crippen LogP contribution in [0.4, 0.5) is 0 Å². The highest BCUT2D eigenvalue weighted by molar-refractivity contribution is 5.71. The molecular weight excluding hydrogens is 560 g/mol. The monoisotopic (exact) mass is 616 g/mol. The van der Waals surface area contributed by atoms with E-state index in [1.165, 1.54) is 25.3 Å². The van der Waals surface area contributed by atoms with Gasteiger partial charge in [-0.05, 0) is 86.4 Å². The number of aliphatic hydroxyl groups is 2. The van der Waals surface area contributed by atoms with Crippen molar-refractivity contribution >= 4 is 5.97 Å². The highest BCUT2D eigenvalue weighted by atomic mass is 16.5. The molecule has 1 aliphatic carbocycles. The lowest BCUT2D eigenvalue weighted by molar-refractivity contribution is -0.131. The van der Waals surface area contributed by atoms with Crippen LogP contribution in [0.15, 0.2) is 30.3 Å². The smallest absolute Gasteiger partial charge is 0.308 e. The van der Waals surface area contributed by atoms with Gasteiger partial charge in [0.1, 0.15) is 42.7 Å². The highest BCUT2D eigenvalue weighted by Crippen LogP contribution is 2.33. The molecule has 2 aromatic rings. The molecule has 2 aromatic carbocycles. The zero-order chi connectivity index (χ0) is 32.6. The molecule has 0 spiro atoms. The van der Waals surface area contributed by atoms with Gasteiger partial charge in [-0.15, -0.1) is 0 Å². The predicted octanol–water partition coefficient (Wildman–Crippen LogP) is 4.67. The van der Waals surface area contributed by atoms with Crippen molar-refractivity contribution in [3.63, 3.8) is 0 Å². The number of hydrogen-bond acceptors (Lipinski definition) is 9. The van der Waals surface area contributed by atoms with Gasteiger partial charge in [-0.2, -0.15) is 0 Å². The molecule has 2 atom stereocenters. The summed E-state index contributed by atoms with van der Waals surface area (Å²) in [6.45, 7) is 18.5. The molecule has 1 saturated carbocycles. The maximum atomic E-state index is 11.2. The number of hydrogen-bond donors (Lipinski definition) is 4. The molecule has 0 bridgehead atoms. The Bertz CT molecular complexity index is 1120. The van der Waals surface area contributed by atoms with Crippen molar-refractivity contribution in [3.8, 4) is 17.2 Å². The van der Waals surface area contributed by atoms with E-state index in [0.717, 1.165) is 48.0 Å². The van der Waals surface area contributed by atoms with E-state index in [1.807, 2.05) is 52.8 Å². The number of aryl methyl sites for hydroxylation is 1. The molecular formula is C35H56N2O7. The van der Waals surface area contributed by atoms with Crippen LogP contribution >= 0.6 is 0 Å². The Morgan fingerprint density at radius 1 is 0.886 bits per heavy atom. The topological polar surface area (TPSA) is 119 Å². The molecule has 248 valence electrons. The molecule has 9 heteroatoms. The zero-order valence-electron chi connectivity index (χ0n) is 28.1. The van der Waals surface area contributed by atoms with Gasteiger partial charge in [0.15, 0.2) is 0 Å². The van der Waals surface area contributed by atoms with Gasteiger partial charge in [-0.25, -0.2) is 0 Å². The second-order valence-corrected chi connectivity index (χ2v) is 12.3. The Morgan fingerprint density at radius 2 is 1.45 bits per heavy atom. The number of benzene rings is 2. The highest BCUT2D eigenvalue weighted by Gasteiger charge is 2.21. The van der Waals surface area contributed by atoms with Crippen molar-refractivity contribution in [3.05, 3.63) is 52.6 Å². The van der Waals surface area contributed by atoms with E-state index < -0.39 is 12.2 Å². The molecule has 2 unspecified atom stereocenters. The molecule has 1 aliphatic rings. The summed E-state index contributed by atoms with van der Waals surface area (Å²) in [7, 11) is 0. The second-order valence-electron chi connectivity index (χ2n) is 12.3. The molecule has 4 N–H and O–H groups in total. The van der Waals surface area contributed by atoms with Crippen LogP contribution in [0.5, 0.6) is 17.2 Å². The van der Waals surface area contributed by atoms with Crippen molar-refractivity contribution in [1.29, 1.82) is 0 Å². The van der Waals surface area contributed by atoms with Crippen LogP contribution in [-0.2, 0) is 16.0 Å². The largest absolute Gasteiger partial charge is 0.491 e. The van der Waals surface area contributed by atoms with Gasteiger partial charge < -0.3 is 39.8 Å². The number of esters is 1. The van der Waals surface area contributed by atoms with E-state index in [0.29, 0.717) is 43.3 Å². The number of rotatable bonds is 18. The summed E-state index contributed by atoms with van der Waals surface area (Å²) >= 11 is 0. The maximum Gasteiger partial charge on any atom is 0.308 e. The maximum absolute atomic E-state index is 11.2. The van der Waals surface area contributed by atoms with Crippen LogP contribution in [-0.4, -0.2) is 80.0 Å². The average molecular weight is 617 g/mol. The molecule has 44 heavy (non-hydrogen) atoms. The first-order valence-electron chi connectivity index (χ1n) is 15.9. The van der Waals surface area contributed by atoms with Crippen LogP contribution < -0.4 is 24.8 Å². The van der Waals surface area contributed by atoms with Crippen LogP contribution in [0, 0.1) is 26.7 Å². The Kier molecular flexibility index (Phi) is 16.7. The minimum atomic E-state index is -0.574. The number of aliphatic hydroxyl groups excluding tert-OH is 2. The summed E-state index contributed by atoms with van der Waals surface area (Å²) in [5.74, 6) is 2.57. The van der Waals surface area contributed by atoms with Crippen molar-refractivity contribution in [1.82, 2.24) is 10.6 Å². The Hall–Kier alpha value is -2.69. The minimum Gasteiger partial charge on any atom is -0.491 e. The van der Waals surface area contributed by atoms with Crippen molar-refractivity contribution in [2.24, 2.45) is 5.92 Å². The van der Waals surface area contributed by atoms with E-state index in [2.05, 4.69) is 36.6 Å². The fourth-order valence-electron chi connectivity index (χ4n) is 4.19. The summed E-state index contributed by atoms with van der Waals surface area (Å²) < 4.78 is 22.2. The quantitative estimate of drug-likeness (QED) is 0.108. The third-order valence-corrected chi connectivity index (χ3v) is 7.13. The van der Waals surface area contributed by atoms with Crippen LogP contribution in [0.2, 0.25) is 0 Å². The van der Waals surface area contributed by atoms with Gasteiger partial charge in [-0.3, -0.25) is 4.79 Å². The summed E-state index contributed by atoms with van der Waals surface area (Å²) in [6.07, 6.45) is 2.55. The molecule has 0 aliphatic heterocycles. The van der Waals surface area contributed by atoms with Crippen molar-refractivity contribution in [2.45, 2.75) is 98.9 Å². The lowest BCUT2D eigenvalue weighted by Crippen LogP contribution is -2.35. The van der Waals surface area contributed by atoms with Crippen LogP contribution in [0.3, 0.4) is 0 Å². The number of carbonyl (C=O) groups is 1. The molecule has 1 fully saturated rings. The first-order valence-corrected chi connectivity index (χ1v) is 15.9. The first kappa shape index (κ1) is 37.5. The standard InChI is InChI=1S/C18H29NO3.C17H27NO4/c1-14(2)19-11-17(20)13-22-18-7-5-15(6-8-18)9-10-21-12-16-3-4-16;1-10(2)18-8-15(20)9-21-16-7-11(3)17(22-14(6)19)13(5)12(16)4/h5-8,14,16-17,19-20H,3-4,9-13H2,1-2H3;7,10,15,18,20H,8-9H2,1-6H3. The van der Waals surface area contributed by atoms with Crippen LogP contribution in [0.25, 0.3) is 0 Å². The Morgan fingerprint density at radius 3 is 1.98 bits per heavy atom. The second kappa shape index (κ2) is 19.6. The summed E-state index contributed by atoms with van der Waals surface area (Å²) in [5.41, 5.74) is 3.87. The van der Waals surface area contributed by atoms with E-state index in [1.54, 1.807) is 0 Å². The number of nitrogens with one attached hydrogen (secondary N) is 2. The SMILES string of the molecule is CC(=O)Oc1c(C)cc(OCC(O)CNC(C)C)c(C)c1C.CC(C)NCC(O)COc1ccc(CCOCC2CC2)cc1. The normalized spacial score (nSPS) is 14.2. The Labute approximate surface area is 264 Å². The lowest BCUT2D eigenvalue weighted by Gasteiger charge is -2.19. The van der Waals surface area contributed by atoms with E-state index >= 15 is 0 Å². The Balaban J connectivity index is 0.000000307. The van der Waals surface area contributed by atoms with Crippen molar-refractivity contribution < 1.29 is 34.0 Å². The molecule has 0 amide bonds. The summed E-state index contributed by atoms with van der Waals surface area (Å²) in [4.78, 5) is 11.2. The van der Waals surface area contributed by atoms with Gasteiger partial charge in [0, 0.05) is 38.7 Å². The molecule has 0 heterocycles. The van der Waals surface area contributed by atoms with Gasteiger partial charge in [0.05, 0.1) is 6.61 Å². The van der Waals surface area contributed by atoms with Gasteiger partial charge >= 0.3 is 5.97 Å². The fourth-order valence-corrected chi connectivity index (χ4v) is 4.19. The zero-order valence-corrected chi connectivity index (χ0v) is 28.1. The first-order chi connectivity index (χ1) is 20.8. The number of ether oxygens (including phenoxy) is 4. The summed E-state index contributed by atoms with van der Waals surface area (Å²) in [5, 5.41) is 26.1. The van der Waals surface area contributed by atoms with E-state index in [-0.39, 0.29) is 12.6 Å². The van der Waals surface area contributed by atoms with Gasteiger partial charge in [-0.1, -0.05) is 39.8 Å². The van der Waals surface area contributed by atoms with E-state index in [4.69, 9.17) is 18.9 Å². The van der Waals surface area contributed by atoms with Gasteiger partial charge in [0.25, 0.3) is 0 Å². The van der Waals surface area contributed by atoms with Crippen LogP contribution in [0.1, 0.15) is 69.7 Å². The third kappa shape index (κ3) is 15.3. The predicted molar refractivity (Wildman–Crippen MR) is 175 cm³/mol. The fraction of sp³-hybridized carbons (Fsp3) is 0.629. The molecule has 0 aromatic heterocycles. The molecule has 9 nitrogen and oxygen atoms in total. The van der Waals surface area contributed by atoms with Crippen molar-refractivity contribution in [2.75, 3.05) is 39.5 Å². The minimum absolute atomic E-state index is 0.215. The van der Waals surface area contributed by atoms with Gasteiger partial charge in [0.2, 0.25) is 0 Å². The summed E-state index contributed by atoms with van der Waals surface area (Å²) in [6, 6.07) is 10.6. The molecule has 3 rings (SSSR count). The van der Waals surface area contributed by atoms with E-state index in [9.17, 15) is 15.0 Å².